The van der Waals surface area contributed by atoms with Crippen molar-refractivity contribution in [2.75, 3.05) is 6.54 Å². The summed E-state index contributed by atoms with van der Waals surface area (Å²) in [6.07, 6.45) is -1.28. The molecule has 3 rings (SSSR count). The molecule has 2 atom stereocenters. The quantitative estimate of drug-likeness (QED) is 0.581. The number of hydrogen-bond acceptors (Lipinski definition) is 5. The van der Waals surface area contributed by atoms with E-state index in [0.717, 1.165) is 20.8 Å². The van der Waals surface area contributed by atoms with Crippen LogP contribution in [-0.4, -0.2) is 39.7 Å². The number of fused-ring (bicyclic) bond motifs is 1. The Labute approximate surface area is 160 Å². The molecule has 0 aliphatic rings. The van der Waals surface area contributed by atoms with Crippen LogP contribution in [0.1, 0.15) is 17.5 Å². The molecule has 1 aromatic heterocycles. The zero-order valence-electron chi connectivity index (χ0n) is 14.8. The number of carbonyl (C=O) groups is 2. The van der Waals surface area contributed by atoms with Crippen molar-refractivity contribution in [1.82, 2.24) is 10.3 Å². The number of aliphatic carboxylic acids is 1. The van der Waals surface area contributed by atoms with Crippen molar-refractivity contribution in [1.29, 1.82) is 0 Å². The minimum absolute atomic E-state index is 0.351. The number of carbonyl (C=O) groups excluding carboxylic acids is 1. The van der Waals surface area contributed by atoms with E-state index in [1.54, 1.807) is 6.92 Å². The molecule has 6 nitrogen and oxygen atoms in total. The summed E-state index contributed by atoms with van der Waals surface area (Å²) in [4.78, 5) is 28.4. The monoisotopic (exact) mass is 384 g/mol. The number of hydrogen-bond donors (Lipinski definition) is 3. The van der Waals surface area contributed by atoms with Gasteiger partial charge < -0.3 is 15.5 Å². The normalized spacial score (nSPS) is 14.4. The largest absolute Gasteiger partial charge is 0.479 e. The Morgan fingerprint density at radius 1 is 1.15 bits per heavy atom. The van der Waals surface area contributed by atoms with Crippen LogP contribution in [-0.2, 0) is 21.4 Å². The smallest absolute Gasteiger partial charge is 0.334 e. The Morgan fingerprint density at radius 3 is 2.48 bits per heavy atom. The second kappa shape index (κ2) is 7.85. The van der Waals surface area contributed by atoms with Gasteiger partial charge >= 0.3 is 5.97 Å². The minimum atomic E-state index is -1.64. The first kappa shape index (κ1) is 19.0. The molecule has 27 heavy (non-hydrogen) atoms. The molecule has 0 saturated carbocycles. The van der Waals surface area contributed by atoms with Crippen molar-refractivity contribution in [3.05, 3.63) is 65.2 Å². The van der Waals surface area contributed by atoms with Gasteiger partial charge in [0.15, 0.2) is 6.10 Å². The van der Waals surface area contributed by atoms with Gasteiger partial charge in [-0.1, -0.05) is 42.5 Å². The van der Waals surface area contributed by atoms with Crippen LogP contribution in [0.4, 0.5) is 0 Å². The fourth-order valence-electron chi connectivity index (χ4n) is 2.89. The topological polar surface area (TPSA) is 99.5 Å². The molecule has 0 aliphatic heterocycles. The van der Waals surface area contributed by atoms with Crippen molar-refractivity contribution in [2.24, 2.45) is 0 Å². The standard InChI is InChI=1S/C20H20N2O4S/c1-20(13-7-3-2-4-8-13,19(26)21-12-15(23)18(24)25)11-17-22-14-9-5-6-10-16(14)27-17/h2-10,15,23H,11-12H2,1H3,(H,21,26)(H,24,25). The highest BCUT2D eigenvalue weighted by molar-refractivity contribution is 7.18. The molecular formula is C20H20N2O4S. The van der Waals surface area contributed by atoms with Crippen LogP contribution >= 0.6 is 11.3 Å². The molecule has 3 aromatic rings. The molecule has 3 N–H and O–H groups in total. The molecular weight excluding hydrogens is 364 g/mol. The fourth-order valence-corrected chi connectivity index (χ4v) is 4.01. The fraction of sp³-hybridized carbons (Fsp3) is 0.250. The van der Waals surface area contributed by atoms with E-state index in [0.29, 0.717) is 6.42 Å². The van der Waals surface area contributed by atoms with Crippen molar-refractivity contribution in [3.8, 4) is 0 Å². The molecule has 1 amide bonds. The summed E-state index contributed by atoms with van der Waals surface area (Å²) in [7, 11) is 0. The Balaban J connectivity index is 1.90. The van der Waals surface area contributed by atoms with Crippen LogP contribution in [0.25, 0.3) is 10.2 Å². The van der Waals surface area contributed by atoms with E-state index in [4.69, 9.17) is 5.11 Å². The molecule has 2 unspecified atom stereocenters. The molecule has 0 bridgehead atoms. The maximum atomic E-state index is 13.0. The number of carboxylic acid groups (broad SMARTS) is 1. The first-order valence-corrected chi connectivity index (χ1v) is 9.31. The first-order chi connectivity index (χ1) is 12.9. The van der Waals surface area contributed by atoms with Crippen LogP contribution in [0.2, 0.25) is 0 Å². The van der Waals surface area contributed by atoms with E-state index >= 15 is 0 Å². The summed E-state index contributed by atoms with van der Waals surface area (Å²) >= 11 is 1.53. The Morgan fingerprint density at radius 2 is 1.81 bits per heavy atom. The maximum Gasteiger partial charge on any atom is 0.334 e. The van der Waals surface area contributed by atoms with Crippen molar-refractivity contribution < 1.29 is 19.8 Å². The summed E-state index contributed by atoms with van der Waals surface area (Å²) in [5, 5.41) is 21.7. The number of para-hydroxylation sites is 1. The van der Waals surface area contributed by atoms with Crippen molar-refractivity contribution in [2.45, 2.75) is 24.9 Å². The highest BCUT2D eigenvalue weighted by Crippen LogP contribution is 2.32. The molecule has 0 fully saturated rings. The number of aliphatic hydroxyl groups is 1. The lowest BCUT2D eigenvalue weighted by atomic mass is 9.78. The first-order valence-electron chi connectivity index (χ1n) is 8.49. The van der Waals surface area contributed by atoms with Gasteiger partial charge in [0, 0.05) is 6.42 Å². The average molecular weight is 384 g/mol. The van der Waals surface area contributed by atoms with E-state index in [1.165, 1.54) is 11.3 Å². The second-order valence-corrected chi connectivity index (χ2v) is 7.63. The van der Waals surface area contributed by atoms with Gasteiger partial charge in [0.1, 0.15) is 0 Å². The van der Waals surface area contributed by atoms with Gasteiger partial charge in [0.25, 0.3) is 0 Å². The van der Waals surface area contributed by atoms with Crippen LogP contribution in [0, 0.1) is 0 Å². The van der Waals surface area contributed by atoms with E-state index in [1.807, 2.05) is 54.6 Å². The lowest BCUT2D eigenvalue weighted by molar-refractivity contribution is -0.146. The third kappa shape index (κ3) is 4.15. The lowest BCUT2D eigenvalue weighted by Crippen LogP contribution is -2.47. The average Bonchev–Trinajstić information content (AvgIpc) is 3.08. The Kier molecular flexibility index (Phi) is 5.53. The molecule has 0 spiro atoms. The third-order valence-electron chi connectivity index (χ3n) is 4.50. The third-order valence-corrected chi connectivity index (χ3v) is 5.53. The van der Waals surface area contributed by atoms with Crippen LogP contribution in [0.3, 0.4) is 0 Å². The number of benzene rings is 2. The number of nitrogens with one attached hydrogen (secondary N) is 1. The molecule has 140 valence electrons. The van der Waals surface area contributed by atoms with Crippen molar-refractivity contribution >= 4 is 33.4 Å². The van der Waals surface area contributed by atoms with Crippen molar-refractivity contribution in [3.63, 3.8) is 0 Å². The van der Waals surface area contributed by atoms with Gasteiger partial charge in [-0.05, 0) is 24.6 Å². The predicted molar refractivity (Wildman–Crippen MR) is 104 cm³/mol. The number of thiazole rings is 1. The summed E-state index contributed by atoms with van der Waals surface area (Å²) in [6, 6.07) is 17.1. The number of amides is 1. The number of aliphatic hydroxyl groups excluding tert-OH is 1. The molecule has 0 radical (unpaired) electrons. The van der Waals surface area contributed by atoms with Crippen LogP contribution < -0.4 is 5.32 Å². The van der Waals surface area contributed by atoms with E-state index < -0.39 is 17.5 Å². The highest BCUT2D eigenvalue weighted by atomic mass is 32.1. The minimum Gasteiger partial charge on any atom is -0.479 e. The van der Waals surface area contributed by atoms with E-state index in [2.05, 4.69) is 10.3 Å². The SMILES string of the molecule is CC(Cc1nc2ccccc2s1)(C(=O)NCC(O)C(=O)O)c1ccccc1. The molecule has 1 heterocycles. The summed E-state index contributed by atoms with van der Waals surface area (Å²) < 4.78 is 1.05. The van der Waals surface area contributed by atoms with Gasteiger partial charge in [-0.2, -0.15) is 0 Å². The van der Waals surface area contributed by atoms with Gasteiger partial charge in [-0.25, -0.2) is 9.78 Å². The summed E-state index contributed by atoms with van der Waals surface area (Å²) in [5.41, 5.74) is 0.731. The zero-order valence-corrected chi connectivity index (χ0v) is 15.6. The molecule has 7 heteroatoms. The number of rotatable bonds is 7. The summed E-state index contributed by atoms with van der Waals surface area (Å²) in [5.74, 6) is -1.73. The van der Waals surface area contributed by atoms with E-state index in [9.17, 15) is 14.7 Å². The van der Waals surface area contributed by atoms with Gasteiger partial charge in [-0.15, -0.1) is 11.3 Å². The number of carboxylic acids is 1. The van der Waals surface area contributed by atoms with Crippen LogP contribution in [0.5, 0.6) is 0 Å². The number of aromatic nitrogens is 1. The molecule has 0 aliphatic carbocycles. The highest BCUT2D eigenvalue weighted by Gasteiger charge is 2.36. The second-order valence-electron chi connectivity index (χ2n) is 6.51. The molecule has 0 saturated heterocycles. The van der Waals surface area contributed by atoms with E-state index in [-0.39, 0.29) is 12.5 Å². The van der Waals surface area contributed by atoms with Crippen LogP contribution in [0.15, 0.2) is 54.6 Å². The van der Waals surface area contributed by atoms with Gasteiger partial charge in [0.05, 0.1) is 27.2 Å². The Hall–Kier alpha value is -2.77. The summed E-state index contributed by atoms with van der Waals surface area (Å²) in [6.45, 7) is 1.45. The molecule has 2 aromatic carbocycles. The zero-order chi connectivity index (χ0) is 19.4. The van der Waals surface area contributed by atoms with Gasteiger partial charge in [-0.3, -0.25) is 4.79 Å². The Bertz CT molecular complexity index is 924. The van der Waals surface area contributed by atoms with Gasteiger partial charge in [0.2, 0.25) is 5.91 Å². The maximum absolute atomic E-state index is 13.0. The number of nitrogens with zero attached hydrogens (tertiary/aromatic N) is 1. The lowest BCUT2D eigenvalue weighted by Gasteiger charge is -2.28. The predicted octanol–water partition coefficient (Wildman–Crippen LogP) is 2.36.